The molecule has 1 saturated carbocycles. The van der Waals surface area contributed by atoms with Crippen molar-refractivity contribution in [3.8, 4) is 0 Å². The first kappa shape index (κ1) is 12.1. The Kier molecular flexibility index (Phi) is 4.79. The number of thiazole rings is 1. The number of aryl methyl sites for hydroxylation is 1. The highest BCUT2D eigenvalue weighted by atomic mass is 32.1. The molecule has 1 N–H and O–H groups in total. The zero-order chi connectivity index (χ0) is 11.2. The maximum Gasteiger partial charge on any atom is 0.0925 e. The summed E-state index contributed by atoms with van der Waals surface area (Å²) in [5.74, 6) is 0. The molecule has 0 radical (unpaired) electrons. The van der Waals surface area contributed by atoms with Gasteiger partial charge in [0, 0.05) is 24.4 Å². The fourth-order valence-corrected chi connectivity index (χ4v) is 3.12. The van der Waals surface area contributed by atoms with E-state index in [4.69, 9.17) is 0 Å². The molecule has 1 fully saturated rings. The quantitative estimate of drug-likeness (QED) is 0.852. The van der Waals surface area contributed by atoms with E-state index in [1.54, 1.807) is 11.3 Å². The molecule has 0 amide bonds. The molecule has 90 valence electrons. The maximum atomic E-state index is 4.59. The van der Waals surface area contributed by atoms with Gasteiger partial charge < -0.3 is 5.32 Å². The molecule has 1 aromatic heterocycles. The Morgan fingerprint density at radius 2 is 2.19 bits per heavy atom. The smallest absolute Gasteiger partial charge is 0.0925 e. The molecule has 16 heavy (non-hydrogen) atoms. The van der Waals surface area contributed by atoms with E-state index in [0.717, 1.165) is 25.4 Å². The highest BCUT2D eigenvalue weighted by Gasteiger charge is 2.12. The predicted molar refractivity (Wildman–Crippen MR) is 70.1 cm³/mol. The minimum atomic E-state index is 0.776. The van der Waals surface area contributed by atoms with Gasteiger partial charge in [0.2, 0.25) is 0 Å². The van der Waals surface area contributed by atoms with Crippen molar-refractivity contribution in [3.63, 3.8) is 0 Å². The summed E-state index contributed by atoms with van der Waals surface area (Å²) in [7, 11) is 0. The van der Waals surface area contributed by atoms with Crippen LogP contribution in [0.1, 0.15) is 49.7 Å². The average molecular weight is 238 g/mol. The van der Waals surface area contributed by atoms with Crippen molar-refractivity contribution in [1.29, 1.82) is 0 Å². The van der Waals surface area contributed by atoms with Gasteiger partial charge in [0.1, 0.15) is 0 Å². The Bertz CT molecular complexity index is 303. The first-order valence-electron chi connectivity index (χ1n) is 6.55. The van der Waals surface area contributed by atoms with Crippen LogP contribution in [0.2, 0.25) is 0 Å². The van der Waals surface area contributed by atoms with Crippen LogP contribution < -0.4 is 5.32 Å². The molecule has 3 heteroatoms. The second-order valence-electron chi connectivity index (χ2n) is 4.63. The molecule has 1 aromatic rings. The zero-order valence-electron chi connectivity index (χ0n) is 10.2. The monoisotopic (exact) mass is 238 g/mol. The Labute approximate surface area is 102 Å². The van der Waals surface area contributed by atoms with E-state index in [9.17, 15) is 0 Å². The number of hydrogen-bond acceptors (Lipinski definition) is 3. The van der Waals surface area contributed by atoms with Gasteiger partial charge in [0.25, 0.3) is 0 Å². The summed E-state index contributed by atoms with van der Waals surface area (Å²) in [6.07, 6.45) is 9.16. The van der Waals surface area contributed by atoms with E-state index < -0.39 is 0 Å². The summed E-state index contributed by atoms with van der Waals surface area (Å²) in [6.45, 7) is 3.26. The van der Waals surface area contributed by atoms with Crippen LogP contribution in [0.4, 0.5) is 0 Å². The normalized spacial score (nSPS) is 17.8. The van der Waals surface area contributed by atoms with E-state index in [-0.39, 0.29) is 0 Å². The minimum Gasteiger partial charge on any atom is -0.314 e. The van der Waals surface area contributed by atoms with Crippen LogP contribution in [-0.4, -0.2) is 17.6 Å². The zero-order valence-corrected chi connectivity index (χ0v) is 11.0. The van der Waals surface area contributed by atoms with Crippen molar-refractivity contribution in [2.45, 2.75) is 57.9 Å². The topological polar surface area (TPSA) is 24.9 Å². The summed E-state index contributed by atoms with van der Waals surface area (Å²) in [5, 5.41) is 7.14. The van der Waals surface area contributed by atoms with Crippen LogP contribution in [0.5, 0.6) is 0 Å². The molecule has 0 aromatic carbocycles. The van der Waals surface area contributed by atoms with Crippen LogP contribution in [0.15, 0.2) is 5.38 Å². The highest BCUT2D eigenvalue weighted by molar-refractivity contribution is 7.09. The van der Waals surface area contributed by atoms with Gasteiger partial charge in [0.15, 0.2) is 0 Å². The van der Waals surface area contributed by atoms with E-state index in [1.807, 2.05) is 0 Å². The Hall–Kier alpha value is -0.410. The average Bonchev–Trinajstić information content (AvgIpc) is 2.78. The van der Waals surface area contributed by atoms with E-state index in [0.29, 0.717) is 0 Å². The summed E-state index contributed by atoms with van der Waals surface area (Å²) in [6, 6.07) is 0.776. The molecule has 2 rings (SSSR count). The molecule has 0 aliphatic heterocycles. The van der Waals surface area contributed by atoms with Crippen molar-refractivity contribution in [2.75, 3.05) is 6.54 Å². The maximum absolute atomic E-state index is 4.59. The Balaban J connectivity index is 1.66. The van der Waals surface area contributed by atoms with Gasteiger partial charge in [0.05, 0.1) is 10.7 Å². The summed E-state index contributed by atoms with van der Waals surface area (Å²) in [4.78, 5) is 4.59. The third-order valence-corrected chi connectivity index (χ3v) is 4.36. The third-order valence-electron chi connectivity index (χ3n) is 3.32. The number of nitrogens with zero attached hydrogens (tertiary/aromatic N) is 1. The molecule has 0 atom stereocenters. The Morgan fingerprint density at radius 1 is 1.38 bits per heavy atom. The molecule has 1 heterocycles. The molecule has 0 unspecified atom stereocenters. The van der Waals surface area contributed by atoms with E-state index >= 15 is 0 Å². The highest BCUT2D eigenvalue weighted by Crippen LogP contribution is 2.17. The van der Waals surface area contributed by atoms with Crippen molar-refractivity contribution in [1.82, 2.24) is 10.3 Å². The number of rotatable bonds is 5. The molecule has 0 spiro atoms. The predicted octanol–water partition coefficient (Wildman–Crippen LogP) is 3.17. The van der Waals surface area contributed by atoms with E-state index in [1.165, 1.54) is 42.8 Å². The summed E-state index contributed by atoms with van der Waals surface area (Å²) in [5.41, 5.74) is 1.27. The molecule has 1 aliphatic rings. The SMILES string of the molecule is CCc1nc(CCNC2CCCCC2)cs1. The van der Waals surface area contributed by atoms with Crippen molar-refractivity contribution < 1.29 is 0 Å². The van der Waals surface area contributed by atoms with Crippen LogP contribution in [0.25, 0.3) is 0 Å². The van der Waals surface area contributed by atoms with Gasteiger partial charge in [-0.2, -0.15) is 0 Å². The molecular weight excluding hydrogens is 216 g/mol. The van der Waals surface area contributed by atoms with Crippen molar-refractivity contribution in [3.05, 3.63) is 16.1 Å². The molecule has 2 nitrogen and oxygen atoms in total. The number of nitrogens with one attached hydrogen (secondary N) is 1. The summed E-state index contributed by atoms with van der Waals surface area (Å²) >= 11 is 1.80. The van der Waals surface area contributed by atoms with Crippen LogP contribution in [0.3, 0.4) is 0 Å². The standard InChI is InChI=1S/C13H22N2S/c1-2-13-15-12(10-16-13)8-9-14-11-6-4-3-5-7-11/h10-11,14H,2-9H2,1H3. The van der Waals surface area contributed by atoms with Gasteiger partial charge in [-0.1, -0.05) is 26.2 Å². The fourth-order valence-electron chi connectivity index (χ4n) is 2.34. The minimum absolute atomic E-state index is 0.776. The number of hydrogen-bond donors (Lipinski definition) is 1. The van der Waals surface area contributed by atoms with Gasteiger partial charge in [-0.25, -0.2) is 4.98 Å². The second kappa shape index (κ2) is 6.36. The lowest BCUT2D eigenvalue weighted by molar-refractivity contribution is 0.375. The first-order valence-corrected chi connectivity index (χ1v) is 7.43. The second-order valence-corrected chi connectivity index (χ2v) is 5.57. The van der Waals surface area contributed by atoms with Gasteiger partial charge in [-0.3, -0.25) is 0 Å². The van der Waals surface area contributed by atoms with Gasteiger partial charge in [-0.15, -0.1) is 11.3 Å². The summed E-state index contributed by atoms with van der Waals surface area (Å²) < 4.78 is 0. The van der Waals surface area contributed by atoms with Crippen LogP contribution in [0, 0.1) is 0 Å². The third kappa shape index (κ3) is 3.56. The molecule has 1 aliphatic carbocycles. The number of aromatic nitrogens is 1. The van der Waals surface area contributed by atoms with Gasteiger partial charge in [-0.05, 0) is 19.3 Å². The fraction of sp³-hybridized carbons (Fsp3) is 0.769. The Morgan fingerprint density at radius 3 is 2.88 bits per heavy atom. The lowest BCUT2D eigenvalue weighted by Gasteiger charge is -2.22. The lowest BCUT2D eigenvalue weighted by Crippen LogP contribution is -2.32. The van der Waals surface area contributed by atoms with Gasteiger partial charge >= 0.3 is 0 Å². The molecule has 0 bridgehead atoms. The first-order chi connectivity index (χ1) is 7.88. The lowest BCUT2D eigenvalue weighted by atomic mass is 9.95. The molecular formula is C13H22N2S. The van der Waals surface area contributed by atoms with Crippen LogP contribution >= 0.6 is 11.3 Å². The van der Waals surface area contributed by atoms with Crippen molar-refractivity contribution >= 4 is 11.3 Å². The van der Waals surface area contributed by atoms with E-state index in [2.05, 4.69) is 22.6 Å². The largest absolute Gasteiger partial charge is 0.314 e. The van der Waals surface area contributed by atoms with Crippen molar-refractivity contribution in [2.24, 2.45) is 0 Å². The van der Waals surface area contributed by atoms with Crippen LogP contribution in [-0.2, 0) is 12.8 Å². The molecule has 0 saturated heterocycles.